The molecule has 1 aromatic heterocycles. The number of nitrogen functional groups attached to an aromatic ring is 1. The topological polar surface area (TPSA) is 90.0 Å². The molecule has 0 amide bonds. The molecule has 2 aromatic rings. The van der Waals surface area contributed by atoms with Crippen LogP contribution in [-0.4, -0.2) is 29.8 Å². The number of hydrogen-bond acceptors (Lipinski definition) is 4. The van der Waals surface area contributed by atoms with Crippen molar-refractivity contribution in [1.82, 2.24) is 14.3 Å². The molecule has 0 spiro atoms. The van der Waals surface area contributed by atoms with Gasteiger partial charge in [0, 0.05) is 12.1 Å². The number of benzene rings is 1. The lowest BCUT2D eigenvalue weighted by Gasteiger charge is -2.26. The second-order valence-corrected chi connectivity index (χ2v) is 8.13. The molecule has 0 aliphatic carbocycles. The van der Waals surface area contributed by atoms with E-state index >= 15 is 0 Å². The van der Waals surface area contributed by atoms with Crippen molar-refractivity contribution < 1.29 is 8.42 Å². The summed E-state index contributed by atoms with van der Waals surface area (Å²) in [5, 5.41) is 0.779. The highest BCUT2D eigenvalue weighted by atomic mass is 35.5. The third kappa shape index (κ3) is 3.79. The van der Waals surface area contributed by atoms with E-state index in [0.717, 1.165) is 6.26 Å². The molecule has 6 nitrogen and oxygen atoms in total. The molecule has 0 radical (unpaired) electrons. The molecule has 0 saturated carbocycles. The van der Waals surface area contributed by atoms with Crippen LogP contribution >= 0.6 is 23.2 Å². The minimum Gasteiger partial charge on any atom is -0.369 e. The molecule has 1 heterocycles. The molecule has 0 unspecified atom stereocenters. The van der Waals surface area contributed by atoms with E-state index in [2.05, 4.69) is 9.71 Å². The van der Waals surface area contributed by atoms with Gasteiger partial charge in [0.1, 0.15) is 0 Å². The number of rotatable bonds is 4. The second kappa shape index (κ2) is 5.31. The predicted octanol–water partition coefficient (Wildman–Crippen LogP) is 2.25. The van der Waals surface area contributed by atoms with Gasteiger partial charge in [-0.05, 0) is 26.0 Å². The van der Waals surface area contributed by atoms with Crippen LogP contribution < -0.4 is 10.5 Å². The Kier molecular flexibility index (Phi) is 4.14. The number of sulfonamides is 1. The molecule has 0 atom stereocenters. The number of nitrogens with one attached hydrogen (secondary N) is 1. The van der Waals surface area contributed by atoms with Crippen molar-refractivity contribution in [2.75, 3.05) is 12.0 Å². The van der Waals surface area contributed by atoms with Gasteiger partial charge in [-0.2, -0.15) is 0 Å². The Bertz CT molecular complexity index is 799. The largest absolute Gasteiger partial charge is 0.369 e. The van der Waals surface area contributed by atoms with Gasteiger partial charge in [-0.1, -0.05) is 23.2 Å². The summed E-state index contributed by atoms with van der Waals surface area (Å²) in [7, 11) is -3.34. The normalized spacial score (nSPS) is 13.0. The van der Waals surface area contributed by atoms with Crippen LogP contribution in [0.3, 0.4) is 0 Å². The van der Waals surface area contributed by atoms with Crippen LogP contribution in [0, 0.1) is 0 Å². The lowest BCUT2D eigenvalue weighted by atomic mass is 10.1. The van der Waals surface area contributed by atoms with Gasteiger partial charge >= 0.3 is 0 Å². The third-order valence-corrected chi connectivity index (χ3v) is 4.48. The van der Waals surface area contributed by atoms with Crippen LogP contribution in [0.15, 0.2) is 12.1 Å². The summed E-state index contributed by atoms with van der Waals surface area (Å²) in [5.74, 6) is 0.270. The monoisotopic (exact) mass is 350 g/mol. The summed E-state index contributed by atoms with van der Waals surface area (Å²) in [5.41, 5.74) is 6.49. The van der Waals surface area contributed by atoms with Crippen LogP contribution in [-0.2, 0) is 16.6 Å². The Hall–Kier alpha value is -1.02. The number of anilines is 1. The first-order valence-electron chi connectivity index (χ1n) is 6.08. The standard InChI is InChI=1S/C12H16Cl2N4O2S/c1-12(2,17-21(3,19)20)6-18-10-5-8(14)7(13)4-9(10)16-11(18)15/h4-5,17H,6H2,1-3H3,(H2,15,16). The van der Waals surface area contributed by atoms with Crippen LogP contribution in [0.4, 0.5) is 5.95 Å². The van der Waals surface area contributed by atoms with Crippen LogP contribution in [0.5, 0.6) is 0 Å². The average molecular weight is 351 g/mol. The quantitative estimate of drug-likeness (QED) is 0.884. The zero-order valence-electron chi connectivity index (χ0n) is 11.8. The molecule has 2 rings (SSSR count). The molecule has 9 heteroatoms. The smallest absolute Gasteiger partial charge is 0.209 e. The Morgan fingerprint density at radius 3 is 2.48 bits per heavy atom. The van der Waals surface area contributed by atoms with E-state index in [1.165, 1.54) is 0 Å². The Morgan fingerprint density at radius 2 is 1.90 bits per heavy atom. The Labute approximate surface area is 133 Å². The number of nitrogens with two attached hydrogens (primary N) is 1. The number of aromatic nitrogens is 2. The maximum atomic E-state index is 11.4. The van der Waals surface area contributed by atoms with Crippen LogP contribution in [0.25, 0.3) is 11.0 Å². The number of imidazole rings is 1. The van der Waals surface area contributed by atoms with Gasteiger partial charge in [-0.25, -0.2) is 18.1 Å². The molecule has 0 bridgehead atoms. The fourth-order valence-electron chi connectivity index (χ4n) is 2.23. The molecule has 0 aliphatic heterocycles. The Morgan fingerprint density at radius 1 is 1.33 bits per heavy atom. The van der Waals surface area contributed by atoms with Crippen molar-refractivity contribution >= 4 is 50.2 Å². The van der Waals surface area contributed by atoms with Crippen molar-refractivity contribution in [2.45, 2.75) is 25.9 Å². The summed E-state index contributed by atoms with van der Waals surface area (Å²) in [6.45, 7) is 3.83. The van der Waals surface area contributed by atoms with Gasteiger partial charge in [0.2, 0.25) is 16.0 Å². The Balaban J connectivity index is 2.47. The molecule has 3 N–H and O–H groups in total. The SMILES string of the molecule is CC(C)(Cn1c(N)nc2cc(Cl)c(Cl)cc21)NS(C)(=O)=O. The first-order chi connectivity index (χ1) is 9.48. The number of hydrogen-bond donors (Lipinski definition) is 2. The van der Waals surface area contributed by atoms with Crippen molar-refractivity contribution in [3.05, 3.63) is 22.2 Å². The third-order valence-electron chi connectivity index (χ3n) is 2.83. The van der Waals surface area contributed by atoms with E-state index in [1.807, 2.05) is 0 Å². The van der Waals surface area contributed by atoms with Crippen LogP contribution in [0.2, 0.25) is 10.0 Å². The summed E-state index contributed by atoms with van der Waals surface area (Å²) in [6.07, 6.45) is 1.11. The zero-order chi connectivity index (χ0) is 16.0. The fourth-order valence-corrected chi connectivity index (χ4v) is 3.62. The van der Waals surface area contributed by atoms with Gasteiger partial charge in [-0.15, -0.1) is 0 Å². The minimum absolute atomic E-state index is 0.270. The highest BCUT2D eigenvalue weighted by molar-refractivity contribution is 7.88. The molecule has 21 heavy (non-hydrogen) atoms. The van der Waals surface area contributed by atoms with E-state index in [-0.39, 0.29) is 5.95 Å². The summed E-state index contributed by atoms with van der Waals surface area (Å²) in [6, 6.07) is 3.29. The van der Waals surface area contributed by atoms with Gasteiger partial charge in [0.25, 0.3) is 0 Å². The molecule has 116 valence electrons. The van der Waals surface area contributed by atoms with E-state index in [1.54, 1.807) is 30.5 Å². The van der Waals surface area contributed by atoms with Crippen molar-refractivity contribution in [2.24, 2.45) is 0 Å². The second-order valence-electron chi connectivity index (χ2n) is 5.57. The van der Waals surface area contributed by atoms with Crippen molar-refractivity contribution in [3.63, 3.8) is 0 Å². The summed E-state index contributed by atoms with van der Waals surface area (Å²) >= 11 is 12.0. The maximum Gasteiger partial charge on any atom is 0.209 e. The number of nitrogens with zero attached hydrogens (tertiary/aromatic N) is 2. The molecule has 0 saturated heterocycles. The predicted molar refractivity (Wildman–Crippen MR) is 86.2 cm³/mol. The molecule has 1 aromatic carbocycles. The molecular formula is C12H16Cl2N4O2S. The highest BCUT2D eigenvalue weighted by Gasteiger charge is 2.25. The van der Waals surface area contributed by atoms with E-state index in [0.29, 0.717) is 27.6 Å². The zero-order valence-corrected chi connectivity index (χ0v) is 14.1. The number of fused-ring (bicyclic) bond motifs is 1. The van der Waals surface area contributed by atoms with Crippen LogP contribution in [0.1, 0.15) is 13.8 Å². The fraction of sp³-hybridized carbons (Fsp3) is 0.417. The van der Waals surface area contributed by atoms with Gasteiger partial charge < -0.3 is 10.3 Å². The van der Waals surface area contributed by atoms with Gasteiger partial charge in [-0.3, -0.25) is 0 Å². The molecule has 0 aliphatic rings. The van der Waals surface area contributed by atoms with Gasteiger partial charge in [0.15, 0.2) is 0 Å². The van der Waals surface area contributed by atoms with E-state index in [4.69, 9.17) is 28.9 Å². The summed E-state index contributed by atoms with van der Waals surface area (Å²) < 4.78 is 27.1. The lowest BCUT2D eigenvalue weighted by molar-refractivity contribution is 0.398. The minimum atomic E-state index is -3.34. The van der Waals surface area contributed by atoms with Gasteiger partial charge in [0.05, 0.1) is 27.3 Å². The lowest BCUT2D eigenvalue weighted by Crippen LogP contribution is -2.46. The number of halogens is 2. The molecular weight excluding hydrogens is 335 g/mol. The van der Waals surface area contributed by atoms with E-state index < -0.39 is 15.6 Å². The maximum absolute atomic E-state index is 11.4. The average Bonchev–Trinajstić information content (AvgIpc) is 2.53. The molecule has 0 fully saturated rings. The van der Waals surface area contributed by atoms with E-state index in [9.17, 15) is 8.42 Å². The first kappa shape index (κ1) is 16.4. The first-order valence-corrected chi connectivity index (χ1v) is 8.73. The highest BCUT2D eigenvalue weighted by Crippen LogP contribution is 2.29. The van der Waals surface area contributed by atoms with Crippen molar-refractivity contribution in [3.8, 4) is 0 Å². The van der Waals surface area contributed by atoms with Crippen molar-refractivity contribution in [1.29, 1.82) is 0 Å². The summed E-state index contributed by atoms with van der Waals surface area (Å²) in [4.78, 5) is 4.22.